The van der Waals surface area contributed by atoms with E-state index in [-0.39, 0.29) is 6.04 Å². The maximum Gasteiger partial charge on any atom is 0.0656 e. The molecule has 15 heavy (non-hydrogen) atoms. The first-order valence-corrected chi connectivity index (χ1v) is 6.85. The van der Waals surface area contributed by atoms with Crippen molar-refractivity contribution in [3.8, 4) is 0 Å². The topological polar surface area (TPSA) is 26.0 Å². The Morgan fingerprint density at radius 2 is 2.00 bits per heavy atom. The van der Waals surface area contributed by atoms with E-state index in [1.165, 1.54) is 15.3 Å². The summed E-state index contributed by atoms with van der Waals surface area (Å²) in [5, 5.41) is 2.07. The zero-order chi connectivity index (χ0) is 10.7. The molecule has 0 amide bonds. The summed E-state index contributed by atoms with van der Waals surface area (Å²) in [7, 11) is 0. The van der Waals surface area contributed by atoms with Gasteiger partial charge in [-0.1, -0.05) is 24.3 Å². The van der Waals surface area contributed by atoms with Crippen molar-refractivity contribution in [1.82, 2.24) is 0 Å². The van der Waals surface area contributed by atoms with Crippen molar-refractivity contribution in [3.63, 3.8) is 0 Å². The Kier molecular flexibility index (Phi) is 3.46. The maximum atomic E-state index is 6.23. The van der Waals surface area contributed by atoms with Crippen LogP contribution in [0.3, 0.4) is 0 Å². The lowest BCUT2D eigenvalue weighted by molar-refractivity contribution is 0.868. The van der Waals surface area contributed by atoms with Crippen LogP contribution in [0.15, 0.2) is 46.7 Å². The SMILES string of the molecule is CSc1ccccc1C(N)c1cccs1. The van der Waals surface area contributed by atoms with E-state index in [2.05, 4.69) is 35.9 Å². The van der Waals surface area contributed by atoms with E-state index in [1.54, 1.807) is 23.1 Å². The lowest BCUT2D eigenvalue weighted by Gasteiger charge is -2.13. The molecular formula is C12H13NS2. The molecule has 0 spiro atoms. The van der Waals surface area contributed by atoms with Gasteiger partial charge in [0.25, 0.3) is 0 Å². The van der Waals surface area contributed by atoms with Crippen molar-refractivity contribution < 1.29 is 0 Å². The summed E-state index contributed by atoms with van der Waals surface area (Å²) in [6.07, 6.45) is 2.08. The van der Waals surface area contributed by atoms with Crippen LogP contribution in [0.5, 0.6) is 0 Å². The first-order chi connectivity index (χ1) is 7.33. The predicted octanol–water partition coefficient (Wildman–Crippen LogP) is 3.52. The van der Waals surface area contributed by atoms with Gasteiger partial charge in [-0.3, -0.25) is 0 Å². The summed E-state index contributed by atoms with van der Waals surface area (Å²) in [6, 6.07) is 12.5. The van der Waals surface area contributed by atoms with Crippen LogP contribution in [0.4, 0.5) is 0 Å². The molecule has 0 aliphatic carbocycles. The van der Waals surface area contributed by atoms with Crippen LogP contribution >= 0.6 is 23.1 Å². The number of hydrogen-bond donors (Lipinski definition) is 1. The highest BCUT2D eigenvalue weighted by Crippen LogP contribution is 2.30. The standard InChI is InChI=1S/C12H13NS2/c1-14-10-6-3-2-5-9(10)12(13)11-7-4-8-15-11/h2-8,12H,13H2,1H3. The molecule has 0 saturated heterocycles. The zero-order valence-electron chi connectivity index (χ0n) is 8.51. The molecule has 1 atom stereocenters. The fraction of sp³-hybridized carbons (Fsp3) is 0.167. The fourth-order valence-corrected chi connectivity index (χ4v) is 2.94. The second-order valence-electron chi connectivity index (χ2n) is 3.24. The van der Waals surface area contributed by atoms with Gasteiger partial charge in [0.2, 0.25) is 0 Å². The Balaban J connectivity index is 2.37. The minimum absolute atomic E-state index is 0.00801. The first kappa shape index (κ1) is 10.7. The van der Waals surface area contributed by atoms with Crippen molar-refractivity contribution in [1.29, 1.82) is 0 Å². The maximum absolute atomic E-state index is 6.23. The van der Waals surface area contributed by atoms with Crippen molar-refractivity contribution in [2.45, 2.75) is 10.9 Å². The molecule has 2 N–H and O–H groups in total. The number of rotatable bonds is 3. The van der Waals surface area contributed by atoms with E-state index in [0.717, 1.165) is 0 Å². The number of benzene rings is 1. The lowest BCUT2D eigenvalue weighted by atomic mass is 10.1. The molecule has 0 bridgehead atoms. The number of hydrogen-bond acceptors (Lipinski definition) is 3. The second kappa shape index (κ2) is 4.84. The van der Waals surface area contributed by atoms with Gasteiger partial charge in [-0.2, -0.15) is 0 Å². The van der Waals surface area contributed by atoms with Gasteiger partial charge in [0.05, 0.1) is 6.04 Å². The van der Waals surface area contributed by atoms with Gasteiger partial charge in [-0.25, -0.2) is 0 Å². The third-order valence-electron chi connectivity index (χ3n) is 2.32. The minimum atomic E-state index is 0.00801. The highest BCUT2D eigenvalue weighted by atomic mass is 32.2. The Morgan fingerprint density at radius 1 is 1.20 bits per heavy atom. The molecule has 1 aromatic carbocycles. The molecule has 0 radical (unpaired) electrons. The number of thioether (sulfide) groups is 1. The van der Waals surface area contributed by atoms with E-state index >= 15 is 0 Å². The third kappa shape index (κ3) is 2.25. The normalized spacial score (nSPS) is 12.7. The lowest BCUT2D eigenvalue weighted by Crippen LogP contribution is -2.11. The number of nitrogens with two attached hydrogens (primary N) is 1. The summed E-state index contributed by atoms with van der Waals surface area (Å²) in [6.45, 7) is 0. The van der Waals surface area contributed by atoms with E-state index < -0.39 is 0 Å². The molecule has 2 rings (SSSR count). The molecule has 2 aromatic rings. The summed E-state index contributed by atoms with van der Waals surface area (Å²) in [5.74, 6) is 0. The van der Waals surface area contributed by atoms with Gasteiger partial charge >= 0.3 is 0 Å². The van der Waals surface area contributed by atoms with Crippen molar-refractivity contribution in [3.05, 3.63) is 52.2 Å². The van der Waals surface area contributed by atoms with Crippen LogP contribution in [0.25, 0.3) is 0 Å². The quantitative estimate of drug-likeness (QED) is 0.824. The van der Waals surface area contributed by atoms with Gasteiger partial charge in [0.15, 0.2) is 0 Å². The van der Waals surface area contributed by atoms with E-state index in [9.17, 15) is 0 Å². The smallest absolute Gasteiger partial charge is 0.0656 e. The van der Waals surface area contributed by atoms with E-state index in [1.807, 2.05) is 12.1 Å². The van der Waals surface area contributed by atoms with Crippen LogP contribution in [0.1, 0.15) is 16.5 Å². The molecule has 0 fully saturated rings. The Hall–Kier alpha value is -0.770. The fourth-order valence-electron chi connectivity index (χ4n) is 1.54. The first-order valence-electron chi connectivity index (χ1n) is 4.75. The zero-order valence-corrected chi connectivity index (χ0v) is 10.1. The van der Waals surface area contributed by atoms with Crippen molar-refractivity contribution >= 4 is 23.1 Å². The van der Waals surface area contributed by atoms with Crippen LogP contribution in [-0.4, -0.2) is 6.26 Å². The van der Waals surface area contributed by atoms with Gasteiger partial charge in [0.1, 0.15) is 0 Å². The summed E-state index contributed by atoms with van der Waals surface area (Å²) in [5.41, 5.74) is 7.45. The molecular weight excluding hydrogens is 222 g/mol. The third-order valence-corrected chi connectivity index (χ3v) is 4.09. The van der Waals surface area contributed by atoms with Crippen molar-refractivity contribution in [2.24, 2.45) is 5.73 Å². The van der Waals surface area contributed by atoms with Gasteiger partial charge in [-0.05, 0) is 29.3 Å². The summed E-state index contributed by atoms with van der Waals surface area (Å²) < 4.78 is 0. The van der Waals surface area contributed by atoms with Crippen LogP contribution in [0.2, 0.25) is 0 Å². The van der Waals surface area contributed by atoms with Gasteiger partial charge in [-0.15, -0.1) is 23.1 Å². The highest BCUT2D eigenvalue weighted by molar-refractivity contribution is 7.98. The Bertz CT molecular complexity index is 423. The average Bonchev–Trinajstić information content (AvgIpc) is 2.81. The predicted molar refractivity (Wildman–Crippen MR) is 68.6 cm³/mol. The molecule has 78 valence electrons. The molecule has 0 aliphatic heterocycles. The highest BCUT2D eigenvalue weighted by Gasteiger charge is 2.12. The molecule has 1 heterocycles. The largest absolute Gasteiger partial charge is 0.320 e. The molecule has 0 saturated carbocycles. The van der Waals surface area contributed by atoms with Gasteiger partial charge < -0.3 is 5.73 Å². The molecule has 3 heteroatoms. The molecule has 0 aliphatic rings. The van der Waals surface area contributed by atoms with E-state index in [4.69, 9.17) is 5.73 Å². The van der Waals surface area contributed by atoms with Crippen LogP contribution < -0.4 is 5.73 Å². The van der Waals surface area contributed by atoms with Crippen molar-refractivity contribution in [2.75, 3.05) is 6.26 Å². The van der Waals surface area contributed by atoms with E-state index in [0.29, 0.717) is 0 Å². The molecule has 1 unspecified atom stereocenters. The second-order valence-corrected chi connectivity index (χ2v) is 5.06. The van der Waals surface area contributed by atoms with Gasteiger partial charge in [0, 0.05) is 9.77 Å². The Labute approximate surface area is 98.3 Å². The minimum Gasteiger partial charge on any atom is -0.320 e. The molecule has 1 aromatic heterocycles. The monoisotopic (exact) mass is 235 g/mol. The average molecular weight is 235 g/mol. The molecule has 1 nitrogen and oxygen atoms in total. The summed E-state index contributed by atoms with van der Waals surface area (Å²) >= 11 is 3.46. The van der Waals surface area contributed by atoms with Crippen LogP contribution in [-0.2, 0) is 0 Å². The summed E-state index contributed by atoms with van der Waals surface area (Å²) in [4.78, 5) is 2.48. The number of thiophene rings is 1. The Morgan fingerprint density at radius 3 is 2.67 bits per heavy atom. The van der Waals surface area contributed by atoms with Crippen LogP contribution in [0, 0.1) is 0 Å².